The van der Waals surface area contributed by atoms with E-state index in [4.69, 9.17) is 0 Å². The van der Waals surface area contributed by atoms with Gasteiger partial charge in [0.2, 0.25) is 5.91 Å². The number of hydrogen-bond acceptors (Lipinski definition) is 5. The topological polar surface area (TPSA) is 144 Å². The molecule has 0 heterocycles. The first kappa shape index (κ1) is 38.3. The number of nitrogens with one attached hydrogen (secondary N) is 1. The zero-order valence-electron chi connectivity index (χ0n) is 32.1. The van der Waals surface area contributed by atoms with E-state index in [1.54, 1.807) is 12.1 Å². The van der Waals surface area contributed by atoms with Crippen molar-refractivity contribution in [3.63, 3.8) is 0 Å². The number of allylic oxidation sites excluding steroid dienone is 3. The highest BCUT2D eigenvalue weighted by Gasteiger charge is 2.71. The van der Waals surface area contributed by atoms with E-state index in [2.05, 4.69) is 59.5 Å². The number of hydrogen-bond donors (Lipinski definition) is 4. The Balaban J connectivity index is 1.27. The summed E-state index contributed by atoms with van der Waals surface area (Å²) in [5, 5.41) is 31.2. The molecule has 1 aromatic rings. The van der Waals surface area contributed by atoms with Gasteiger partial charge in [-0.1, -0.05) is 65.0 Å². The van der Waals surface area contributed by atoms with E-state index in [-0.39, 0.29) is 65.6 Å². The molecular formula is C43H60N2O7. The number of aliphatic carboxylic acids is 2. The molecule has 0 aliphatic heterocycles. The SMILES string of the molecule is C=C(C)[C@@H]1CC[C@]2(C(=O)NCCN(CC(=O)O)CC(=O)O)CC[C@]3(C)C(CC[C@@H]4[C@@]5(C)CC=C(c6ccc(C(=O)O)cc6)C(C)(C)[C@@H]5CC[C@]43C)[C@@H]12. The largest absolute Gasteiger partial charge is 0.480 e. The highest BCUT2D eigenvalue weighted by molar-refractivity contribution is 5.88. The maximum atomic E-state index is 14.4. The van der Waals surface area contributed by atoms with Gasteiger partial charge in [-0.05, 0) is 139 Å². The lowest BCUT2D eigenvalue weighted by Gasteiger charge is -2.72. The van der Waals surface area contributed by atoms with Crippen LogP contribution >= 0.6 is 0 Å². The van der Waals surface area contributed by atoms with Crippen molar-refractivity contribution in [3.05, 3.63) is 53.6 Å². The van der Waals surface area contributed by atoms with E-state index in [0.29, 0.717) is 23.3 Å². The minimum atomic E-state index is -1.09. The molecule has 0 spiro atoms. The van der Waals surface area contributed by atoms with Crippen LogP contribution < -0.4 is 5.32 Å². The Kier molecular flexibility index (Phi) is 9.89. The van der Waals surface area contributed by atoms with E-state index in [9.17, 15) is 34.5 Å². The molecular weight excluding hydrogens is 656 g/mol. The van der Waals surface area contributed by atoms with Crippen LogP contribution in [0.25, 0.3) is 5.57 Å². The van der Waals surface area contributed by atoms with Gasteiger partial charge in [-0.3, -0.25) is 19.3 Å². The Morgan fingerprint density at radius 1 is 0.827 bits per heavy atom. The smallest absolute Gasteiger partial charge is 0.335 e. The number of rotatable bonds is 11. The standard InChI is InChI=1S/C43H60N2O7/c1-26(2)29-14-19-43(38(52)44-22-23-45(24-34(46)47)25-35(48)49)21-20-41(6)31(36(29)43)12-13-33-40(5)17-15-30(27-8-10-28(11-9-27)37(50)51)39(3,4)32(40)16-18-42(33,41)7/h8-11,15,29,31-33,36H,1,12-14,16-25H2,2-7H3,(H,44,52)(H,46,47)(H,48,49)(H,50,51)/t29-,31?,32-,33+,36+,40-,41+,42+,43-/m0/s1. The van der Waals surface area contributed by atoms with Gasteiger partial charge in [0.05, 0.1) is 24.1 Å². The fraction of sp³-hybridized carbons (Fsp3) is 0.674. The third-order valence-corrected chi connectivity index (χ3v) is 16.0. The predicted molar refractivity (Wildman–Crippen MR) is 200 cm³/mol. The van der Waals surface area contributed by atoms with Crippen LogP contribution in [0.15, 0.2) is 42.5 Å². The molecule has 5 aliphatic carbocycles. The van der Waals surface area contributed by atoms with Crippen molar-refractivity contribution in [2.24, 2.45) is 56.7 Å². The molecule has 5 aliphatic rings. The Labute approximate surface area is 309 Å². The van der Waals surface area contributed by atoms with E-state index < -0.39 is 23.3 Å². The Hall–Kier alpha value is -3.46. The lowest BCUT2D eigenvalue weighted by Crippen LogP contribution is -2.66. The van der Waals surface area contributed by atoms with Crippen molar-refractivity contribution in [1.29, 1.82) is 0 Å². The van der Waals surface area contributed by atoms with Gasteiger partial charge < -0.3 is 20.6 Å². The maximum Gasteiger partial charge on any atom is 0.335 e. The van der Waals surface area contributed by atoms with Crippen molar-refractivity contribution in [2.45, 2.75) is 99.3 Å². The number of carboxylic acid groups (broad SMARTS) is 3. The molecule has 284 valence electrons. The summed E-state index contributed by atoms with van der Waals surface area (Å²) in [5.41, 5.74) is 3.60. The Bertz CT molecular complexity index is 1650. The molecule has 4 N–H and O–H groups in total. The monoisotopic (exact) mass is 716 g/mol. The van der Waals surface area contributed by atoms with E-state index >= 15 is 0 Å². The average Bonchev–Trinajstić information content (AvgIpc) is 3.46. The summed E-state index contributed by atoms with van der Waals surface area (Å²) in [7, 11) is 0. The van der Waals surface area contributed by atoms with Crippen LogP contribution in [0.5, 0.6) is 0 Å². The van der Waals surface area contributed by atoms with Crippen molar-refractivity contribution < 1.29 is 34.5 Å². The third-order valence-electron chi connectivity index (χ3n) is 16.0. The van der Waals surface area contributed by atoms with Gasteiger partial charge >= 0.3 is 17.9 Å². The van der Waals surface area contributed by atoms with Gasteiger partial charge in [-0.15, -0.1) is 0 Å². The summed E-state index contributed by atoms with van der Waals surface area (Å²) in [6, 6.07) is 7.40. The fourth-order valence-corrected chi connectivity index (χ4v) is 13.5. The minimum absolute atomic E-state index is 0.0416. The highest BCUT2D eigenvalue weighted by Crippen LogP contribution is 2.77. The van der Waals surface area contributed by atoms with E-state index in [0.717, 1.165) is 68.9 Å². The number of carboxylic acids is 3. The molecule has 4 fully saturated rings. The summed E-state index contributed by atoms with van der Waals surface area (Å²) >= 11 is 0. The molecule has 0 bridgehead atoms. The summed E-state index contributed by atoms with van der Waals surface area (Å²) in [6.45, 7) is 18.7. The minimum Gasteiger partial charge on any atom is -0.480 e. The average molecular weight is 717 g/mol. The predicted octanol–water partition coefficient (Wildman–Crippen LogP) is 7.62. The molecule has 6 rings (SSSR count). The van der Waals surface area contributed by atoms with Crippen LogP contribution in [-0.2, 0) is 14.4 Å². The van der Waals surface area contributed by atoms with Crippen LogP contribution in [0.4, 0.5) is 0 Å². The maximum absolute atomic E-state index is 14.4. The second-order valence-electron chi connectivity index (χ2n) is 18.5. The quantitative estimate of drug-likeness (QED) is 0.171. The van der Waals surface area contributed by atoms with Crippen LogP contribution in [0.2, 0.25) is 0 Å². The van der Waals surface area contributed by atoms with Crippen molar-refractivity contribution in [2.75, 3.05) is 26.2 Å². The lowest BCUT2D eigenvalue weighted by atomic mass is 9.32. The first-order valence-corrected chi connectivity index (χ1v) is 19.5. The zero-order valence-corrected chi connectivity index (χ0v) is 32.1. The molecule has 9 nitrogen and oxygen atoms in total. The number of benzene rings is 1. The Morgan fingerprint density at radius 2 is 1.48 bits per heavy atom. The van der Waals surface area contributed by atoms with Crippen LogP contribution in [0, 0.1) is 56.7 Å². The molecule has 0 radical (unpaired) electrons. The van der Waals surface area contributed by atoms with Crippen molar-refractivity contribution >= 4 is 29.4 Å². The normalized spacial score (nSPS) is 37.4. The molecule has 4 saturated carbocycles. The lowest BCUT2D eigenvalue weighted by molar-refractivity contribution is -0.225. The number of aromatic carboxylic acids is 1. The van der Waals surface area contributed by atoms with Gasteiger partial charge in [0.1, 0.15) is 0 Å². The molecule has 0 aromatic heterocycles. The summed E-state index contributed by atoms with van der Waals surface area (Å²) in [6.07, 6.45) is 11.5. The molecule has 9 atom stereocenters. The molecule has 1 amide bonds. The van der Waals surface area contributed by atoms with Gasteiger partial charge in [0.15, 0.2) is 0 Å². The molecule has 9 heteroatoms. The summed E-state index contributed by atoms with van der Waals surface area (Å²) in [5.74, 6) is -1.20. The van der Waals surface area contributed by atoms with Gasteiger partial charge in [0.25, 0.3) is 0 Å². The van der Waals surface area contributed by atoms with E-state index in [1.165, 1.54) is 10.5 Å². The number of fused-ring (bicyclic) bond motifs is 7. The van der Waals surface area contributed by atoms with Crippen LogP contribution in [0.3, 0.4) is 0 Å². The Morgan fingerprint density at radius 3 is 2.08 bits per heavy atom. The summed E-state index contributed by atoms with van der Waals surface area (Å²) < 4.78 is 0. The number of amides is 1. The van der Waals surface area contributed by atoms with Gasteiger partial charge in [-0.25, -0.2) is 4.79 Å². The second kappa shape index (κ2) is 13.4. The van der Waals surface area contributed by atoms with Crippen molar-refractivity contribution in [3.8, 4) is 0 Å². The number of carbonyl (C=O) groups excluding carboxylic acids is 1. The number of carbonyl (C=O) groups is 4. The first-order valence-electron chi connectivity index (χ1n) is 19.5. The zero-order chi connectivity index (χ0) is 38.0. The second-order valence-corrected chi connectivity index (χ2v) is 18.5. The van der Waals surface area contributed by atoms with Crippen LogP contribution in [0.1, 0.15) is 115 Å². The van der Waals surface area contributed by atoms with Crippen LogP contribution in [-0.4, -0.2) is 70.2 Å². The van der Waals surface area contributed by atoms with Crippen molar-refractivity contribution in [1.82, 2.24) is 10.2 Å². The highest BCUT2D eigenvalue weighted by atomic mass is 16.4. The third kappa shape index (κ3) is 5.93. The van der Waals surface area contributed by atoms with Gasteiger partial charge in [0, 0.05) is 13.1 Å². The summed E-state index contributed by atoms with van der Waals surface area (Å²) in [4.78, 5) is 50.0. The molecule has 1 unspecified atom stereocenters. The first-order chi connectivity index (χ1) is 24.3. The number of nitrogens with zero attached hydrogens (tertiary/aromatic N) is 1. The fourth-order valence-electron chi connectivity index (χ4n) is 13.5. The molecule has 0 saturated heterocycles. The van der Waals surface area contributed by atoms with E-state index in [1.807, 2.05) is 12.1 Å². The molecule has 1 aromatic carbocycles. The molecule has 52 heavy (non-hydrogen) atoms. The van der Waals surface area contributed by atoms with Gasteiger partial charge in [-0.2, -0.15) is 0 Å².